The van der Waals surface area contributed by atoms with Crippen LogP contribution in [0.4, 0.5) is 5.69 Å². The number of hydrogen-bond donors (Lipinski definition) is 2. The van der Waals surface area contributed by atoms with Gasteiger partial charge in [0.15, 0.2) is 0 Å². The number of halogens is 1. The van der Waals surface area contributed by atoms with Crippen LogP contribution in [0.15, 0.2) is 46.7 Å². The van der Waals surface area contributed by atoms with E-state index in [9.17, 15) is 9.00 Å². The maximum Gasteiger partial charge on any atom is 0.259 e. The zero-order chi connectivity index (χ0) is 18.8. The van der Waals surface area contributed by atoms with E-state index in [-0.39, 0.29) is 12.0 Å². The molecule has 1 unspecified atom stereocenters. The Bertz CT molecular complexity index is 939. The second-order valence-corrected chi connectivity index (χ2v) is 8.26. The van der Waals surface area contributed by atoms with Crippen molar-refractivity contribution >= 4 is 40.1 Å². The monoisotopic (exact) mass is 402 g/mol. The average molecular weight is 403 g/mol. The van der Waals surface area contributed by atoms with Crippen LogP contribution in [0.25, 0.3) is 6.08 Å². The number of hydrogen-bond acceptors (Lipinski definition) is 4. The Morgan fingerprint density at radius 2 is 2.00 bits per heavy atom. The Morgan fingerprint density at radius 1 is 1.19 bits per heavy atom. The largest absolute Gasteiger partial charge is 0.489 e. The molecule has 2 aromatic rings. The van der Waals surface area contributed by atoms with Gasteiger partial charge in [-0.25, -0.2) is 4.21 Å². The van der Waals surface area contributed by atoms with Gasteiger partial charge in [-0.1, -0.05) is 17.7 Å². The first kappa shape index (κ1) is 18.2. The molecule has 2 aromatic carbocycles. The summed E-state index contributed by atoms with van der Waals surface area (Å²) < 4.78 is 18.0. The average Bonchev–Trinajstić information content (AvgIpc) is 3.04. The third kappa shape index (κ3) is 4.08. The Kier molecular flexibility index (Phi) is 5.29. The fraction of sp³-hybridized carbons (Fsp3) is 0.250. The first-order valence-electron chi connectivity index (χ1n) is 8.81. The molecule has 0 bridgehead atoms. The molecule has 4 rings (SSSR count). The summed E-state index contributed by atoms with van der Waals surface area (Å²) in [6.45, 7) is 1.81. The van der Waals surface area contributed by atoms with Crippen molar-refractivity contribution in [3.63, 3.8) is 0 Å². The van der Waals surface area contributed by atoms with Crippen molar-refractivity contribution in [2.45, 2.75) is 23.8 Å². The maximum absolute atomic E-state index is 12.9. The minimum atomic E-state index is -1.16. The minimum Gasteiger partial charge on any atom is -0.489 e. The number of amides is 1. The summed E-state index contributed by atoms with van der Waals surface area (Å²) in [6.07, 6.45) is 3.69. The number of rotatable bonds is 4. The second-order valence-electron chi connectivity index (χ2n) is 6.51. The Balaban J connectivity index is 1.55. The van der Waals surface area contributed by atoms with Crippen LogP contribution in [0.1, 0.15) is 28.8 Å². The maximum atomic E-state index is 12.9. The smallest absolute Gasteiger partial charge is 0.259 e. The second kappa shape index (κ2) is 7.84. The number of nitrogens with one attached hydrogen (secondary N) is 2. The third-order valence-corrected chi connectivity index (χ3v) is 6.03. The number of anilines is 1. The molecule has 2 aliphatic heterocycles. The lowest BCUT2D eigenvalue weighted by atomic mass is 10.1. The van der Waals surface area contributed by atoms with Crippen LogP contribution in [-0.2, 0) is 10.8 Å². The predicted molar refractivity (Wildman–Crippen MR) is 108 cm³/mol. The van der Waals surface area contributed by atoms with Crippen LogP contribution in [0.3, 0.4) is 0 Å². The summed E-state index contributed by atoms with van der Waals surface area (Å²) in [4.78, 5) is 13.6. The van der Waals surface area contributed by atoms with Gasteiger partial charge in [-0.15, -0.1) is 0 Å². The van der Waals surface area contributed by atoms with E-state index in [1.807, 2.05) is 12.1 Å². The molecule has 2 aliphatic rings. The molecule has 27 heavy (non-hydrogen) atoms. The van der Waals surface area contributed by atoms with Crippen molar-refractivity contribution in [1.82, 2.24) is 5.32 Å². The molecule has 0 spiro atoms. The Morgan fingerprint density at radius 3 is 2.81 bits per heavy atom. The minimum absolute atomic E-state index is 0.0764. The number of carbonyl (C=O) groups excluding carboxylic acids is 1. The van der Waals surface area contributed by atoms with Gasteiger partial charge in [0.1, 0.15) is 11.9 Å². The highest BCUT2D eigenvalue weighted by Gasteiger charge is 2.20. The molecule has 1 atom stereocenters. The predicted octanol–water partition coefficient (Wildman–Crippen LogP) is 3.82. The van der Waals surface area contributed by atoms with E-state index in [0.29, 0.717) is 26.9 Å². The summed E-state index contributed by atoms with van der Waals surface area (Å²) in [6, 6.07) is 10.4. The summed E-state index contributed by atoms with van der Waals surface area (Å²) in [7, 11) is -1.16. The van der Waals surface area contributed by atoms with Crippen LogP contribution in [0.5, 0.6) is 5.75 Å². The molecular weight excluding hydrogens is 384 g/mol. The molecule has 140 valence electrons. The van der Waals surface area contributed by atoms with Gasteiger partial charge in [0.05, 0.1) is 21.3 Å². The third-order valence-electron chi connectivity index (χ3n) is 4.63. The molecule has 1 amide bonds. The van der Waals surface area contributed by atoms with Gasteiger partial charge in [0.25, 0.3) is 5.91 Å². The molecule has 0 radical (unpaired) electrons. The number of piperidine rings is 1. The van der Waals surface area contributed by atoms with Crippen molar-refractivity contribution in [2.75, 3.05) is 18.4 Å². The standard InChI is InChI=1S/C20H19ClN2O3S/c21-14-2-4-18(26-16-5-8-22-9-6-16)17(11-14)20(24)23-15-3-1-13-7-10-27(25)19(13)12-15/h1-4,7,10-12,16,22H,5-6,8-9H2,(H,23,24). The highest BCUT2D eigenvalue weighted by molar-refractivity contribution is 7.88. The van der Waals surface area contributed by atoms with Crippen LogP contribution < -0.4 is 15.4 Å². The van der Waals surface area contributed by atoms with E-state index in [0.717, 1.165) is 31.5 Å². The summed E-state index contributed by atoms with van der Waals surface area (Å²) in [5, 5.41) is 8.26. The van der Waals surface area contributed by atoms with Gasteiger partial charge in [-0.05, 0) is 67.9 Å². The van der Waals surface area contributed by atoms with Gasteiger partial charge >= 0.3 is 0 Å². The Hall–Kier alpha value is -2.15. The van der Waals surface area contributed by atoms with Crippen molar-refractivity contribution in [3.8, 4) is 5.75 Å². The molecule has 0 saturated carbocycles. The fourth-order valence-corrected chi connectivity index (χ4v) is 4.41. The van der Waals surface area contributed by atoms with Crippen LogP contribution in [0, 0.1) is 0 Å². The lowest BCUT2D eigenvalue weighted by Crippen LogP contribution is -2.34. The Labute approximate surface area is 165 Å². The number of carbonyl (C=O) groups is 1. The molecule has 0 aromatic heterocycles. The van der Waals surface area contributed by atoms with E-state index in [4.69, 9.17) is 16.3 Å². The number of ether oxygens (including phenoxy) is 1. The molecule has 2 heterocycles. The van der Waals surface area contributed by atoms with Gasteiger partial charge in [0.2, 0.25) is 0 Å². The summed E-state index contributed by atoms with van der Waals surface area (Å²) in [5.41, 5.74) is 1.88. The van der Waals surface area contributed by atoms with Crippen molar-refractivity contribution < 1.29 is 13.7 Å². The fourth-order valence-electron chi connectivity index (χ4n) is 3.21. The zero-order valence-corrected chi connectivity index (χ0v) is 16.1. The number of fused-ring (bicyclic) bond motifs is 1. The van der Waals surface area contributed by atoms with Gasteiger partial charge in [-0.2, -0.15) is 0 Å². The van der Waals surface area contributed by atoms with Crippen LogP contribution in [-0.4, -0.2) is 29.3 Å². The van der Waals surface area contributed by atoms with Crippen LogP contribution in [0.2, 0.25) is 5.02 Å². The van der Waals surface area contributed by atoms with E-state index >= 15 is 0 Å². The molecular formula is C20H19ClN2O3S. The lowest BCUT2D eigenvalue weighted by molar-refractivity contribution is 0.101. The highest BCUT2D eigenvalue weighted by Crippen LogP contribution is 2.29. The topological polar surface area (TPSA) is 67.4 Å². The zero-order valence-electron chi connectivity index (χ0n) is 14.5. The van der Waals surface area contributed by atoms with Crippen molar-refractivity contribution in [3.05, 3.63) is 58.0 Å². The lowest BCUT2D eigenvalue weighted by Gasteiger charge is -2.25. The number of benzene rings is 2. The highest BCUT2D eigenvalue weighted by atomic mass is 35.5. The van der Waals surface area contributed by atoms with Gasteiger partial charge in [-0.3, -0.25) is 4.79 Å². The normalized spacial score (nSPS) is 18.9. The van der Waals surface area contributed by atoms with E-state index < -0.39 is 10.8 Å². The first-order valence-corrected chi connectivity index (χ1v) is 10.4. The summed E-state index contributed by atoms with van der Waals surface area (Å²) in [5.74, 6) is 0.216. The van der Waals surface area contributed by atoms with E-state index in [1.54, 1.807) is 35.7 Å². The van der Waals surface area contributed by atoms with E-state index in [2.05, 4.69) is 10.6 Å². The van der Waals surface area contributed by atoms with Crippen molar-refractivity contribution in [2.24, 2.45) is 0 Å². The van der Waals surface area contributed by atoms with Crippen molar-refractivity contribution in [1.29, 1.82) is 0 Å². The molecule has 5 nitrogen and oxygen atoms in total. The molecule has 1 fully saturated rings. The molecule has 1 saturated heterocycles. The molecule has 2 N–H and O–H groups in total. The van der Waals surface area contributed by atoms with Crippen LogP contribution >= 0.6 is 11.6 Å². The molecule has 0 aliphatic carbocycles. The summed E-state index contributed by atoms with van der Waals surface area (Å²) >= 11 is 6.11. The first-order chi connectivity index (χ1) is 13.1. The van der Waals surface area contributed by atoms with Gasteiger partial charge < -0.3 is 15.4 Å². The quantitative estimate of drug-likeness (QED) is 0.815. The van der Waals surface area contributed by atoms with E-state index in [1.165, 1.54) is 0 Å². The van der Waals surface area contributed by atoms with Gasteiger partial charge in [0, 0.05) is 16.1 Å². The SMILES string of the molecule is O=C(Nc1ccc2c(c1)S(=O)C=C2)c1cc(Cl)ccc1OC1CCNCC1. The molecule has 7 heteroatoms.